The van der Waals surface area contributed by atoms with Crippen molar-refractivity contribution >= 4 is 0 Å². The van der Waals surface area contributed by atoms with Crippen LogP contribution in [0, 0.1) is 5.92 Å². The van der Waals surface area contributed by atoms with Gasteiger partial charge in [0.1, 0.15) is 13.5 Å². The number of aliphatic hydroxyl groups is 1. The van der Waals surface area contributed by atoms with Crippen LogP contribution in [0.25, 0.3) is 0 Å². The monoisotopic (exact) mass is 301 g/mol. The Morgan fingerprint density at radius 3 is 2.19 bits per heavy atom. The van der Waals surface area contributed by atoms with Crippen LogP contribution in [0.4, 0.5) is 0 Å². The fourth-order valence-corrected chi connectivity index (χ4v) is 3.14. The second-order valence-corrected chi connectivity index (χ2v) is 6.39. The molecule has 5 nitrogen and oxygen atoms in total. The topological polar surface area (TPSA) is 51.2 Å². The fraction of sp³-hybridized carbons (Fsp3) is 1.00. The van der Waals surface area contributed by atoms with Gasteiger partial charge in [-0.05, 0) is 19.8 Å². The lowest BCUT2D eigenvalue weighted by Gasteiger charge is -2.35. The van der Waals surface area contributed by atoms with E-state index in [2.05, 4.69) is 4.90 Å². The Bertz CT molecular complexity index is 257. The van der Waals surface area contributed by atoms with Crippen molar-refractivity contribution in [2.24, 2.45) is 5.92 Å². The van der Waals surface area contributed by atoms with Crippen LogP contribution in [0.3, 0.4) is 0 Å². The van der Waals surface area contributed by atoms with Gasteiger partial charge in [-0.15, -0.1) is 0 Å². The van der Waals surface area contributed by atoms with E-state index in [1.807, 2.05) is 0 Å². The summed E-state index contributed by atoms with van der Waals surface area (Å²) >= 11 is 0. The van der Waals surface area contributed by atoms with Crippen LogP contribution < -0.4 is 0 Å². The van der Waals surface area contributed by atoms with E-state index in [0.29, 0.717) is 39.3 Å². The average molecular weight is 301 g/mol. The van der Waals surface area contributed by atoms with Crippen LogP contribution in [0.1, 0.15) is 51.9 Å². The molecule has 1 atom stereocenters. The van der Waals surface area contributed by atoms with E-state index in [-0.39, 0.29) is 5.92 Å². The molecule has 1 saturated heterocycles. The highest BCUT2D eigenvalue weighted by Gasteiger charge is 2.23. The molecule has 0 bridgehead atoms. The van der Waals surface area contributed by atoms with E-state index in [1.165, 1.54) is 44.9 Å². The molecule has 5 heteroatoms. The maximum absolute atomic E-state index is 9.16. The molecule has 124 valence electrons. The van der Waals surface area contributed by atoms with Crippen molar-refractivity contribution in [3.63, 3.8) is 0 Å². The zero-order chi connectivity index (χ0) is 14.9. The van der Waals surface area contributed by atoms with E-state index < -0.39 is 6.29 Å². The summed E-state index contributed by atoms with van der Waals surface area (Å²) in [5.74, 6) is 0.207. The number of aliphatic hydroxyl groups excluding tert-OH is 1. The Kier molecular flexibility index (Phi) is 7.96. The first-order valence-electron chi connectivity index (χ1n) is 8.45. The lowest BCUT2D eigenvalue weighted by Crippen LogP contribution is -2.42. The minimum atomic E-state index is -0.720. The van der Waals surface area contributed by atoms with Crippen LogP contribution in [0.2, 0.25) is 0 Å². The summed E-state index contributed by atoms with van der Waals surface area (Å²) < 4.78 is 16.9. The van der Waals surface area contributed by atoms with Gasteiger partial charge in [0.15, 0.2) is 6.29 Å². The van der Waals surface area contributed by atoms with Gasteiger partial charge in [-0.2, -0.15) is 0 Å². The Morgan fingerprint density at radius 2 is 1.62 bits per heavy atom. The van der Waals surface area contributed by atoms with Crippen LogP contribution in [0.15, 0.2) is 0 Å². The average Bonchev–Trinajstić information content (AvgIpc) is 2.38. The highest BCUT2D eigenvalue weighted by Crippen LogP contribution is 2.22. The van der Waals surface area contributed by atoms with Crippen molar-refractivity contribution in [3.8, 4) is 0 Å². The van der Waals surface area contributed by atoms with Crippen molar-refractivity contribution in [2.45, 2.75) is 64.2 Å². The van der Waals surface area contributed by atoms with Crippen molar-refractivity contribution in [1.29, 1.82) is 0 Å². The number of ether oxygens (including phenoxy) is 3. The molecular formula is C16H31NO4. The molecule has 2 fully saturated rings. The summed E-state index contributed by atoms with van der Waals surface area (Å²) in [6.45, 7) is 4.68. The maximum Gasteiger partial charge on any atom is 0.151 e. The summed E-state index contributed by atoms with van der Waals surface area (Å²) in [6.07, 6.45) is 8.59. The van der Waals surface area contributed by atoms with Gasteiger partial charge in [0.2, 0.25) is 0 Å². The third-order valence-corrected chi connectivity index (χ3v) is 4.39. The van der Waals surface area contributed by atoms with E-state index in [0.717, 1.165) is 0 Å². The normalized spacial score (nSPS) is 26.6. The van der Waals surface area contributed by atoms with E-state index in [1.54, 1.807) is 6.92 Å². The number of hydrogen-bond acceptors (Lipinski definition) is 5. The van der Waals surface area contributed by atoms with Gasteiger partial charge >= 0.3 is 0 Å². The molecule has 1 saturated carbocycles. The minimum Gasteiger partial charge on any atom is -0.368 e. The summed E-state index contributed by atoms with van der Waals surface area (Å²) in [6, 6.07) is 0.607. The highest BCUT2D eigenvalue weighted by atomic mass is 16.6. The van der Waals surface area contributed by atoms with Gasteiger partial charge < -0.3 is 19.3 Å². The molecule has 0 aromatic rings. The van der Waals surface area contributed by atoms with Crippen molar-refractivity contribution in [3.05, 3.63) is 0 Å². The molecule has 0 aromatic carbocycles. The Balaban J connectivity index is 1.72. The first-order chi connectivity index (χ1) is 10.3. The van der Waals surface area contributed by atoms with Crippen molar-refractivity contribution in [1.82, 2.24) is 4.90 Å². The van der Waals surface area contributed by atoms with Crippen LogP contribution >= 0.6 is 0 Å². The molecule has 1 N–H and O–H groups in total. The van der Waals surface area contributed by atoms with Gasteiger partial charge in [-0.25, -0.2) is 0 Å². The van der Waals surface area contributed by atoms with E-state index in [9.17, 15) is 0 Å². The standard InChI is InChI=1S/C16H31NO4/c1-14(18)21-11-15-9-19-12-17(13-20-10-15)16-7-5-3-2-4-6-8-16/h14-16,18H,2-13H2,1H3. The van der Waals surface area contributed by atoms with Crippen molar-refractivity contribution in [2.75, 3.05) is 33.3 Å². The predicted molar refractivity (Wildman–Crippen MR) is 80.7 cm³/mol. The Morgan fingerprint density at radius 1 is 1.05 bits per heavy atom. The molecule has 1 unspecified atom stereocenters. The number of nitrogens with zero attached hydrogens (tertiary/aromatic N) is 1. The molecular weight excluding hydrogens is 270 g/mol. The Hall–Kier alpha value is -0.200. The first kappa shape index (κ1) is 17.2. The summed E-state index contributed by atoms with van der Waals surface area (Å²) in [5.41, 5.74) is 0. The maximum atomic E-state index is 9.16. The van der Waals surface area contributed by atoms with Gasteiger partial charge in [-0.3, -0.25) is 4.90 Å². The molecule has 1 aliphatic carbocycles. The van der Waals surface area contributed by atoms with Crippen LogP contribution in [-0.4, -0.2) is 55.6 Å². The summed E-state index contributed by atoms with van der Waals surface area (Å²) in [5, 5.41) is 9.16. The molecule has 0 radical (unpaired) electrons. The molecule has 21 heavy (non-hydrogen) atoms. The SMILES string of the molecule is CC(O)OCC1COCN(C2CCCCCCC2)COC1. The molecule has 1 aliphatic heterocycles. The smallest absolute Gasteiger partial charge is 0.151 e. The molecule has 2 rings (SSSR count). The van der Waals surface area contributed by atoms with Crippen molar-refractivity contribution < 1.29 is 19.3 Å². The quantitative estimate of drug-likeness (QED) is 0.808. The van der Waals surface area contributed by atoms with Crippen LogP contribution in [-0.2, 0) is 14.2 Å². The largest absolute Gasteiger partial charge is 0.368 e. The third-order valence-electron chi connectivity index (χ3n) is 4.39. The molecule has 2 aliphatic rings. The second-order valence-electron chi connectivity index (χ2n) is 6.39. The number of hydrogen-bond donors (Lipinski definition) is 1. The van der Waals surface area contributed by atoms with Crippen LogP contribution in [0.5, 0.6) is 0 Å². The molecule has 0 aromatic heterocycles. The van der Waals surface area contributed by atoms with E-state index >= 15 is 0 Å². The highest BCUT2D eigenvalue weighted by molar-refractivity contribution is 4.72. The first-order valence-corrected chi connectivity index (χ1v) is 8.45. The molecule has 0 amide bonds. The zero-order valence-electron chi connectivity index (χ0n) is 13.3. The van der Waals surface area contributed by atoms with Gasteiger partial charge in [0.25, 0.3) is 0 Å². The minimum absolute atomic E-state index is 0.207. The van der Waals surface area contributed by atoms with E-state index in [4.69, 9.17) is 19.3 Å². The summed E-state index contributed by atoms with van der Waals surface area (Å²) in [7, 11) is 0. The molecule has 0 spiro atoms. The summed E-state index contributed by atoms with van der Waals surface area (Å²) in [4.78, 5) is 2.34. The lowest BCUT2D eigenvalue weighted by atomic mass is 9.96. The van der Waals surface area contributed by atoms with Gasteiger partial charge in [0.05, 0.1) is 19.8 Å². The number of rotatable bonds is 4. The fourth-order valence-electron chi connectivity index (χ4n) is 3.14. The Labute approximate surface area is 128 Å². The zero-order valence-corrected chi connectivity index (χ0v) is 13.3. The van der Waals surface area contributed by atoms with Gasteiger partial charge in [-0.1, -0.05) is 32.1 Å². The lowest BCUT2D eigenvalue weighted by molar-refractivity contribution is -0.147. The predicted octanol–water partition coefficient (Wildman–Crippen LogP) is 2.33. The second kappa shape index (κ2) is 9.74. The van der Waals surface area contributed by atoms with Gasteiger partial charge in [0, 0.05) is 12.0 Å². The molecule has 1 heterocycles. The third kappa shape index (κ3) is 6.61.